The summed E-state index contributed by atoms with van der Waals surface area (Å²) in [7, 11) is 1.78. The second kappa shape index (κ2) is 11.4. The van der Waals surface area contributed by atoms with Crippen LogP contribution in [0.3, 0.4) is 0 Å². The fourth-order valence-corrected chi connectivity index (χ4v) is 4.31. The highest BCUT2D eigenvalue weighted by Gasteiger charge is 2.17. The molecule has 2 heterocycles. The number of benzene rings is 3. The summed E-state index contributed by atoms with van der Waals surface area (Å²) in [5.74, 6) is 0.439. The molecule has 38 heavy (non-hydrogen) atoms. The minimum Gasteiger partial charge on any atom is -0.438 e. The molecular formula is C28H28FN5O4. The number of ether oxygens (including phenoxy) is 2. The van der Waals surface area contributed by atoms with Crippen molar-refractivity contribution in [2.24, 2.45) is 0 Å². The maximum absolute atomic E-state index is 14.4. The molecular weight excluding hydrogens is 489 g/mol. The molecule has 9 nitrogen and oxygen atoms in total. The first-order valence-corrected chi connectivity index (χ1v) is 12.3. The molecule has 1 saturated heterocycles. The van der Waals surface area contributed by atoms with E-state index in [4.69, 9.17) is 9.47 Å². The lowest BCUT2D eigenvalue weighted by Gasteiger charge is -2.29. The summed E-state index contributed by atoms with van der Waals surface area (Å²) >= 11 is 0. The van der Waals surface area contributed by atoms with Crippen LogP contribution in [0.15, 0.2) is 66.9 Å². The standard InChI is InChI=1S/C28H28FN5O4/c1-33(10-13-35)28-30-9-8-26(32-28)38-25-7-6-24(22-4-2-3-5-23(22)25)31-27(36)19-16-20(29)18-21(17-19)34-11-14-37-15-12-34/h2-9,16-18,35H,10-15H2,1H3,(H,31,36). The number of amides is 1. The lowest BCUT2D eigenvalue weighted by Crippen LogP contribution is -2.36. The van der Waals surface area contributed by atoms with Gasteiger partial charge in [-0.25, -0.2) is 9.37 Å². The molecule has 0 radical (unpaired) electrons. The summed E-state index contributed by atoms with van der Waals surface area (Å²) < 4.78 is 25.9. The number of anilines is 3. The molecule has 0 unspecified atom stereocenters. The molecule has 1 amide bonds. The van der Waals surface area contributed by atoms with Gasteiger partial charge in [-0.1, -0.05) is 24.3 Å². The molecule has 1 aliphatic heterocycles. The van der Waals surface area contributed by atoms with Gasteiger partial charge in [-0.3, -0.25) is 4.79 Å². The highest BCUT2D eigenvalue weighted by molar-refractivity contribution is 6.10. The van der Waals surface area contributed by atoms with Crippen LogP contribution < -0.4 is 19.9 Å². The number of aromatic nitrogens is 2. The minimum absolute atomic E-state index is 0.0209. The average molecular weight is 518 g/mol. The van der Waals surface area contributed by atoms with E-state index in [0.717, 1.165) is 10.8 Å². The van der Waals surface area contributed by atoms with Crippen molar-refractivity contribution in [3.8, 4) is 11.6 Å². The van der Waals surface area contributed by atoms with Gasteiger partial charge in [-0.05, 0) is 30.3 Å². The minimum atomic E-state index is -0.471. The molecule has 0 saturated carbocycles. The van der Waals surface area contributed by atoms with Crippen LogP contribution >= 0.6 is 0 Å². The van der Waals surface area contributed by atoms with Crippen LogP contribution in [0.5, 0.6) is 11.6 Å². The van der Waals surface area contributed by atoms with Crippen molar-refractivity contribution in [2.75, 3.05) is 61.6 Å². The predicted octanol–water partition coefficient (Wildman–Crippen LogP) is 4.08. The summed E-state index contributed by atoms with van der Waals surface area (Å²) in [4.78, 5) is 25.6. The van der Waals surface area contributed by atoms with Crippen molar-refractivity contribution >= 4 is 34.0 Å². The third-order valence-corrected chi connectivity index (χ3v) is 6.26. The molecule has 196 valence electrons. The molecule has 5 rings (SSSR count). The van der Waals surface area contributed by atoms with Crippen LogP contribution in [0.1, 0.15) is 10.4 Å². The third kappa shape index (κ3) is 5.66. The van der Waals surface area contributed by atoms with E-state index in [9.17, 15) is 14.3 Å². The van der Waals surface area contributed by atoms with E-state index in [2.05, 4.69) is 15.3 Å². The van der Waals surface area contributed by atoms with Crippen molar-refractivity contribution in [1.82, 2.24) is 9.97 Å². The van der Waals surface area contributed by atoms with Gasteiger partial charge in [0.15, 0.2) is 0 Å². The van der Waals surface area contributed by atoms with Gasteiger partial charge in [0.25, 0.3) is 5.91 Å². The first-order chi connectivity index (χ1) is 18.5. The van der Waals surface area contributed by atoms with E-state index in [1.54, 1.807) is 42.4 Å². The Morgan fingerprint density at radius 2 is 1.92 bits per heavy atom. The number of carbonyl (C=O) groups is 1. The monoisotopic (exact) mass is 517 g/mol. The van der Waals surface area contributed by atoms with Crippen molar-refractivity contribution in [3.05, 3.63) is 78.2 Å². The Morgan fingerprint density at radius 3 is 2.71 bits per heavy atom. The molecule has 1 aliphatic rings. The molecule has 10 heteroatoms. The normalized spacial score (nSPS) is 13.4. The molecule has 4 aromatic rings. The van der Waals surface area contributed by atoms with Gasteiger partial charge in [0.1, 0.15) is 11.6 Å². The number of halogens is 1. The molecule has 3 aromatic carbocycles. The fraction of sp³-hybridized carbons (Fsp3) is 0.250. The Labute approximate surface area is 219 Å². The highest BCUT2D eigenvalue weighted by Crippen LogP contribution is 2.34. The van der Waals surface area contributed by atoms with Crippen LogP contribution in [-0.2, 0) is 4.74 Å². The van der Waals surface area contributed by atoms with Gasteiger partial charge >= 0.3 is 0 Å². The zero-order valence-corrected chi connectivity index (χ0v) is 20.9. The maximum Gasteiger partial charge on any atom is 0.255 e. The van der Waals surface area contributed by atoms with Crippen molar-refractivity contribution in [2.45, 2.75) is 0 Å². The Bertz CT molecular complexity index is 1440. The van der Waals surface area contributed by atoms with Crippen LogP contribution in [-0.4, -0.2) is 67.5 Å². The SMILES string of the molecule is CN(CCO)c1nccc(Oc2ccc(NC(=O)c3cc(F)cc(N4CCOCC4)c3)c3ccccc23)n1. The van der Waals surface area contributed by atoms with E-state index in [-0.39, 0.29) is 12.2 Å². The largest absolute Gasteiger partial charge is 0.438 e. The van der Waals surface area contributed by atoms with E-state index in [1.165, 1.54) is 12.1 Å². The molecule has 2 N–H and O–H groups in total. The van der Waals surface area contributed by atoms with E-state index in [0.29, 0.717) is 61.8 Å². The summed E-state index contributed by atoms with van der Waals surface area (Å²) in [5.41, 5.74) is 1.46. The van der Waals surface area contributed by atoms with Crippen LogP contribution in [0.4, 0.5) is 21.7 Å². The molecule has 0 spiro atoms. The van der Waals surface area contributed by atoms with E-state index >= 15 is 0 Å². The smallest absolute Gasteiger partial charge is 0.255 e. The third-order valence-electron chi connectivity index (χ3n) is 6.26. The van der Waals surface area contributed by atoms with Crippen molar-refractivity contribution in [3.63, 3.8) is 0 Å². The number of likely N-dealkylation sites (N-methyl/N-ethyl adjacent to an activating group) is 1. The summed E-state index contributed by atoms with van der Waals surface area (Å²) in [6.45, 7) is 2.78. The topological polar surface area (TPSA) is 100 Å². The number of fused-ring (bicyclic) bond motifs is 1. The molecule has 1 aromatic heterocycles. The number of morpholine rings is 1. The van der Waals surface area contributed by atoms with E-state index in [1.807, 2.05) is 29.2 Å². The predicted molar refractivity (Wildman–Crippen MR) is 144 cm³/mol. The molecule has 0 aliphatic carbocycles. The Hall–Kier alpha value is -4.28. The zero-order valence-electron chi connectivity index (χ0n) is 20.9. The number of rotatable bonds is 8. The first-order valence-electron chi connectivity index (χ1n) is 12.3. The van der Waals surface area contributed by atoms with Gasteiger partial charge in [-0.2, -0.15) is 4.98 Å². The first kappa shape index (κ1) is 25.4. The number of nitrogens with zero attached hydrogens (tertiary/aromatic N) is 4. The molecule has 0 bridgehead atoms. The summed E-state index contributed by atoms with van der Waals surface area (Å²) in [6, 6.07) is 17.0. The van der Waals surface area contributed by atoms with Gasteiger partial charge in [0, 0.05) is 66.7 Å². The fourth-order valence-electron chi connectivity index (χ4n) is 4.31. The maximum atomic E-state index is 14.4. The Morgan fingerprint density at radius 1 is 1.13 bits per heavy atom. The lowest BCUT2D eigenvalue weighted by atomic mass is 10.1. The average Bonchev–Trinajstić information content (AvgIpc) is 2.95. The Kier molecular flexibility index (Phi) is 7.62. The van der Waals surface area contributed by atoms with Crippen molar-refractivity contribution < 1.29 is 23.8 Å². The summed E-state index contributed by atoms with van der Waals surface area (Å²) in [6.07, 6.45) is 1.59. The molecule has 0 atom stereocenters. The number of aliphatic hydroxyl groups excluding tert-OH is 1. The number of aliphatic hydroxyl groups is 1. The van der Waals surface area contributed by atoms with Crippen LogP contribution in [0.2, 0.25) is 0 Å². The van der Waals surface area contributed by atoms with Gasteiger partial charge in [-0.15, -0.1) is 0 Å². The number of nitrogens with one attached hydrogen (secondary N) is 1. The summed E-state index contributed by atoms with van der Waals surface area (Å²) in [5, 5.41) is 13.6. The zero-order chi connectivity index (χ0) is 26.5. The van der Waals surface area contributed by atoms with Crippen LogP contribution in [0.25, 0.3) is 10.8 Å². The number of carbonyl (C=O) groups excluding carboxylic acids is 1. The van der Waals surface area contributed by atoms with Gasteiger partial charge in [0.05, 0.1) is 19.8 Å². The number of hydrogen-bond acceptors (Lipinski definition) is 8. The van der Waals surface area contributed by atoms with Gasteiger partial charge in [0.2, 0.25) is 11.8 Å². The molecule has 1 fully saturated rings. The second-order valence-corrected chi connectivity index (χ2v) is 8.85. The van der Waals surface area contributed by atoms with Crippen LogP contribution in [0, 0.1) is 5.82 Å². The number of hydrogen-bond donors (Lipinski definition) is 2. The lowest BCUT2D eigenvalue weighted by molar-refractivity contribution is 0.102. The Balaban J connectivity index is 1.40. The highest BCUT2D eigenvalue weighted by atomic mass is 19.1. The quantitative estimate of drug-likeness (QED) is 0.361. The second-order valence-electron chi connectivity index (χ2n) is 8.85. The van der Waals surface area contributed by atoms with Crippen molar-refractivity contribution in [1.29, 1.82) is 0 Å². The van der Waals surface area contributed by atoms with E-state index < -0.39 is 11.7 Å². The van der Waals surface area contributed by atoms with Gasteiger partial charge < -0.3 is 29.7 Å².